The number of hydrogen-bond donors (Lipinski definition) is 1. The van der Waals surface area contributed by atoms with Crippen LogP contribution >= 0.6 is 0 Å². The van der Waals surface area contributed by atoms with E-state index in [0.717, 1.165) is 51.9 Å². The largest absolute Gasteiger partial charge is 0.463 e. The van der Waals surface area contributed by atoms with Crippen LogP contribution < -0.4 is 15.0 Å². The fourth-order valence-corrected chi connectivity index (χ4v) is 7.87. The lowest BCUT2D eigenvalue weighted by Gasteiger charge is -2.34. The third kappa shape index (κ3) is 4.98. The number of nitrogens with zero attached hydrogens (tertiary/aromatic N) is 4. The molecule has 0 spiro atoms. The van der Waals surface area contributed by atoms with Gasteiger partial charge in [0.2, 0.25) is 0 Å². The van der Waals surface area contributed by atoms with Gasteiger partial charge in [-0.2, -0.15) is 9.97 Å². The third-order valence-corrected chi connectivity index (χ3v) is 9.95. The van der Waals surface area contributed by atoms with Crippen LogP contribution in [0.15, 0.2) is 36.4 Å². The van der Waals surface area contributed by atoms with Gasteiger partial charge < -0.3 is 19.7 Å². The molecule has 0 amide bonds. The Balaban J connectivity index is 1.19. The second kappa shape index (κ2) is 11.5. The number of fused-ring (bicyclic) bond motifs is 6. The van der Waals surface area contributed by atoms with E-state index < -0.39 is 17.5 Å². The molecule has 45 heavy (non-hydrogen) atoms. The number of anilines is 1. The van der Waals surface area contributed by atoms with Crippen molar-refractivity contribution in [1.82, 2.24) is 20.2 Å². The third-order valence-electron chi connectivity index (χ3n) is 9.95. The molecule has 1 N–H and O–H groups in total. The summed E-state index contributed by atoms with van der Waals surface area (Å²) in [6, 6.07) is 10.6. The predicted molar refractivity (Wildman–Crippen MR) is 167 cm³/mol. The van der Waals surface area contributed by atoms with Crippen molar-refractivity contribution in [3.8, 4) is 29.5 Å². The van der Waals surface area contributed by atoms with Crippen LogP contribution in [-0.4, -0.2) is 78.5 Å². The van der Waals surface area contributed by atoms with Gasteiger partial charge in [-0.15, -0.1) is 6.42 Å². The van der Waals surface area contributed by atoms with Crippen molar-refractivity contribution in [3.63, 3.8) is 0 Å². The lowest BCUT2D eigenvalue weighted by Crippen LogP contribution is -2.51. The summed E-state index contributed by atoms with van der Waals surface area (Å²) >= 11 is 0. The molecule has 3 aromatic carbocycles. The highest BCUT2D eigenvalue weighted by atomic mass is 19.1. The fraction of sp³-hybridized carbons (Fsp3) is 0.429. The van der Waals surface area contributed by atoms with Gasteiger partial charge in [-0.3, -0.25) is 4.90 Å². The van der Waals surface area contributed by atoms with E-state index >= 15 is 8.78 Å². The monoisotopic (exact) mass is 613 g/mol. The molecule has 7 nitrogen and oxygen atoms in total. The van der Waals surface area contributed by atoms with Gasteiger partial charge in [0.1, 0.15) is 23.0 Å². The van der Waals surface area contributed by atoms with Gasteiger partial charge >= 0.3 is 6.01 Å². The Morgan fingerprint density at radius 1 is 0.978 bits per heavy atom. The van der Waals surface area contributed by atoms with Crippen molar-refractivity contribution < 1.29 is 22.6 Å². The summed E-state index contributed by atoms with van der Waals surface area (Å²) in [5, 5.41) is 4.73. The molecular weight excluding hydrogens is 579 g/mol. The summed E-state index contributed by atoms with van der Waals surface area (Å²) in [6.07, 6.45) is 10.8. The number of hydrogen-bond acceptors (Lipinski definition) is 7. The molecule has 4 unspecified atom stereocenters. The van der Waals surface area contributed by atoms with Gasteiger partial charge in [-0.1, -0.05) is 30.2 Å². The minimum absolute atomic E-state index is 0.0422. The first kappa shape index (κ1) is 28.6. The second-order valence-electron chi connectivity index (χ2n) is 12.6. The summed E-state index contributed by atoms with van der Waals surface area (Å²) in [6.45, 7) is 4.11. The van der Waals surface area contributed by atoms with Crippen molar-refractivity contribution in [2.45, 2.75) is 56.3 Å². The molecule has 4 fully saturated rings. The minimum atomic E-state index is -0.860. The van der Waals surface area contributed by atoms with Crippen molar-refractivity contribution in [1.29, 1.82) is 0 Å². The maximum Gasteiger partial charge on any atom is 0.319 e. The first-order valence-corrected chi connectivity index (χ1v) is 15.8. The molecule has 5 heterocycles. The van der Waals surface area contributed by atoms with Crippen LogP contribution in [0.5, 0.6) is 6.01 Å². The number of rotatable bonds is 7. The Bertz CT molecular complexity index is 1820. The topological polar surface area (TPSA) is 62.8 Å². The zero-order valence-electron chi connectivity index (χ0n) is 24.9. The van der Waals surface area contributed by atoms with Gasteiger partial charge in [-0.25, -0.2) is 13.2 Å². The van der Waals surface area contributed by atoms with Crippen LogP contribution in [0.3, 0.4) is 0 Å². The smallest absolute Gasteiger partial charge is 0.319 e. The second-order valence-corrected chi connectivity index (χ2v) is 12.6. The van der Waals surface area contributed by atoms with E-state index in [9.17, 15) is 4.39 Å². The molecule has 10 heteroatoms. The summed E-state index contributed by atoms with van der Waals surface area (Å²) < 4.78 is 59.4. The van der Waals surface area contributed by atoms with E-state index in [0.29, 0.717) is 43.0 Å². The highest BCUT2D eigenvalue weighted by Gasteiger charge is 2.37. The van der Waals surface area contributed by atoms with Crippen molar-refractivity contribution in [2.24, 2.45) is 0 Å². The number of piperazine rings is 1. The van der Waals surface area contributed by atoms with Gasteiger partial charge in [0, 0.05) is 54.6 Å². The number of nitrogens with one attached hydrogen (secondary N) is 1. The summed E-state index contributed by atoms with van der Waals surface area (Å²) in [7, 11) is 0. The first-order chi connectivity index (χ1) is 22.0. The lowest BCUT2D eigenvalue weighted by molar-refractivity contribution is -0.0161. The van der Waals surface area contributed by atoms with Crippen LogP contribution in [0.25, 0.3) is 32.8 Å². The fourth-order valence-electron chi connectivity index (χ4n) is 7.87. The Labute approximate surface area is 259 Å². The summed E-state index contributed by atoms with van der Waals surface area (Å²) in [5.41, 5.74) is -0.229. The zero-order chi connectivity index (χ0) is 30.7. The number of terminal acetylenes is 1. The molecule has 0 saturated carbocycles. The maximum atomic E-state index is 16.7. The molecular formula is C35H34F3N5O2. The van der Waals surface area contributed by atoms with E-state index in [1.165, 1.54) is 12.1 Å². The van der Waals surface area contributed by atoms with Gasteiger partial charge in [-0.05, 0) is 55.2 Å². The Morgan fingerprint density at radius 3 is 2.51 bits per heavy atom. The van der Waals surface area contributed by atoms with Crippen molar-refractivity contribution in [2.75, 3.05) is 44.4 Å². The van der Waals surface area contributed by atoms with Gasteiger partial charge in [0.05, 0.1) is 30.9 Å². The maximum absolute atomic E-state index is 16.7. The van der Waals surface area contributed by atoms with Crippen LogP contribution in [0.2, 0.25) is 0 Å². The van der Waals surface area contributed by atoms with E-state index in [2.05, 4.69) is 26.0 Å². The normalized spacial score (nSPS) is 24.4. The number of benzene rings is 3. The minimum Gasteiger partial charge on any atom is -0.463 e. The van der Waals surface area contributed by atoms with E-state index in [-0.39, 0.29) is 51.1 Å². The molecule has 4 atom stereocenters. The molecule has 4 aromatic rings. The molecule has 1 aromatic heterocycles. The van der Waals surface area contributed by atoms with Gasteiger partial charge in [0.25, 0.3) is 0 Å². The summed E-state index contributed by atoms with van der Waals surface area (Å²) in [5.74, 6) is 0.547. The van der Waals surface area contributed by atoms with Crippen molar-refractivity contribution in [3.05, 3.63) is 59.4 Å². The van der Waals surface area contributed by atoms with Crippen LogP contribution in [0.1, 0.15) is 37.7 Å². The summed E-state index contributed by atoms with van der Waals surface area (Å²) in [4.78, 5) is 13.8. The van der Waals surface area contributed by atoms with Gasteiger partial charge in [0.15, 0.2) is 5.82 Å². The average molecular weight is 614 g/mol. The molecule has 0 radical (unpaired) electrons. The molecule has 4 aliphatic heterocycles. The Kier molecular flexibility index (Phi) is 7.28. The molecule has 4 aliphatic rings. The van der Waals surface area contributed by atoms with Crippen LogP contribution in [-0.2, 0) is 4.74 Å². The van der Waals surface area contributed by atoms with E-state index in [1.54, 1.807) is 24.3 Å². The number of morpholine rings is 1. The standard InChI is InChI=1S/C35H34F3N5O2/c1-2-25-28(36)12-7-20-5-3-6-26(30(20)25)31-29(37)15-27-33(32(31)38)40-35(41-34(27)42-16-21-8-9-22(17-42)39-21)45-14-4-13-43-23-10-11-24(43)19-44-18-23/h1,3,5-7,12,15,21-24,39H,4,8-11,13-14,16-19H2. The van der Waals surface area contributed by atoms with E-state index in [4.69, 9.17) is 20.9 Å². The number of halogens is 3. The Hall–Kier alpha value is -3.91. The van der Waals surface area contributed by atoms with E-state index in [1.807, 2.05) is 0 Å². The molecule has 232 valence electrons. The quantitative estimate of drug-likeness (QED) is 0.221. The Morgan fingerprint density at radius 2 is 1.76 bits per heavy atom. The highest BCUT2D eigenvalue weighted by molar-refractivity contribution is 6.03. The predicted octanol–water partition coefficient (Wildman–Crippen LogP) is 5.42. The van der Waals surface area contributed by atoms with Crippen molar-refractivity contribution >= 4 is 27.5 Å². The average Bonchev–Trinajstić information content (AvgIpc) is 3.49. The molecule has 0 aliphatic carbocycles. The molecule has 4 bridgehead atoms. The zero-order valence-corrected chi connectivity index (χ0v) is 24.9. The molecule has 8 rings (SSSR count). The SMILES string of the molecule is C#Cc1c(F)ccc2cccc(-c3c(F)cc4c(N5CC6CCC(C5)N6)nc(OCCCN5C6CCC5COC6)nc4c3F)c12. The highest BCUT2D eigenvalue weighted by Crippen LogP contribution is 2.40. The van der Waals surface area contributed by atoms with Crippen LogP contribution in [0.4, 0.5) is 19.0 Å². The molecule has 4 saturated heterocycles. The number of aromatic nitrogens is 2. The lowest BCUT2D eigenvalue weighted by atomic mass is 9.93. The first-order valence-electron chi connectivity index (χ1n) is 15.8. The van der Waals surface area contributed by atoms with Crippen LogP contribution in [0, 0.1) is 29.8 Å². The number of ether oxygens (including phenoxy) is 2.